The van der Waals surface area contributed by atoms with Crippen LogP contribution in [0.4, 0.5) is 0 Å². The average Bonchev–Trinajstić information content (AvgIpc) is 2.78. The fraction of sp³-hybridized carbons (Fsp3) is 0.591. The maximum Gasteiger partial charge on any atom is 0.270 e. The Morgan fingerprint density at radius 1 is 1.34 bits per heavy atom. The maximum atomic E-state index is 13.0. The molecule has 0 bridgehead atoms. The van der Waals surface area contributed by atoms with E-state index in [1.54, 1.807) is 0 Å². The van der Waals surface area contributed by atoms with Crippen molar-refractivity contribution >= 4 is 11.6 Å². The summed E-state index contributed by atoms with van der Waals surface area (Å²) in [7, 11) is 0. The van der Waals surface area contributed by atoms with Crippen LogP contribution in [0.1, 0.15) is 38.2 Å². The molecule has 2 aliphatic rings. The van der Waals surface area contributed by atoms with Crippen LogP contribution in [-0.4, -0.2) is 66.8 Å². The van der Waals surface area contributed by atoms with Gasteiger partial charge in [-0.3, -0.25) is 14.8 Å². The zero-order chi connectivity index (χ0) is 20.5. The molecular weight excluding hydrogens is 364 g/mol. The Balaban J connectivity index is 1.67. The number of piperazine rings is 1. The molecule has 7 nitrogen and oxygen atoms in total. The van der Waals surface area contributed by atoms with Crippen molar-refractivity contribution in [3.8, 4) is 0 Å². The number of nitrogens with zero attached hydrogens (tertiary/aromatic N) is 3. The summed E-state index contributed by atoms with van der Waals surface area (Å²) in [4.78, 5) is 23.6. The molecule has 1 aliphatic heterocycles. The Hall–Kier alpha value is -2.25. The van der Waals surface area contributed by atoms with Crippen LogP contribution in [0.5, 0.6) is 0 Å². The smallest absolute Gasteiger partial charge is 0.270 e. The Labute approximate surface area is 173 Å². The van der Waals surface area contributed by atoms with Gasteiger partial charge in [-0.1, -0.05) is 6.92 Å². The molecule has 7 heteroatoms. The van der Waals surface area contributed by atoms with Gasteiger partial charge in [-0.25, -0.2) is 0 Å². The molecule has 2 fully saturated rings. The second-order valence-corrected chi connectivity index (χ2v) is 7.76. The lowest BCUT2D eigenvalue weighted by Crippen LogP contribution is -2.48. The zero-order valence-electron chi connectivity index (χ0n) is 17.5. The van der Waals surface area contributed by atoms with Gasteiger partial charge in [0.15, 0.2) is 0 Å². The minimum Gasteiger partial charge on any atom is -0.394 e. The van der Waals surface area contributed by atoms with E-state index in [-0.39, 0.29) is 5.91 Å². The van der Waals surface area contributed by atoms with Crippen LogP contribution in [0.3, 0.4) is 0 Å². The number of nitrogens with two attached hydrogens (primary N) is 1. The lowest BCUT2D eigenvalue weighted by Gasteiger charge is -2.31. The number of aliphatic imine (C=N–C) groups is 1. The third-order valence-corrected chi connectivity index (χ3v) is 5.61. The molecule has 1 aromatic rings. The first kappa shape index (κ1) is 21.5. The summed E-state index contributed by atoms with van der Waals surface area (Å²) in [6, 6.07) is 4.42. The number of aromatic nitrogens is 1. The van der Waals surface area contributed by atoms with Gasteiger partial charge in [-0.05, 0) is 56.3 Å². The van der Waals surface area contributed by atoms with Gasteiger partial charge in [0.1, 0.15) is 5.70 Å². The lowest BCUT2D eigenvalue weighted by atomic mass is 9.87. The van der Waals surface area contributed by atoms with Crippen LogP contribution in [0.15, 0.2) is 40.8 Å². The minimum absolute atomic E-state index is 0.0388. The number of hydrogen-bond donors (Lipinski definition) is 3. The highest BCUT2D eigenvalue weighted by Gasteiger charge is 2.28. The van der Waals surface area contributed by atoms with Crippen molar-refractivity contribution in [2.45, 2.75) is 45.1 Å². The van der Waals surface area contributed by atoms with E-state index in [0.29, 0.717) is 24.8 Å². The number of carbonyl (C=O) groups excluding carboxylic acids is 1. The third kappa shape index (κ3) is 6.11. The first-order valence-corrected chi connectivity index (χ1v) is 10.8. The summed E-state index contributed by atoms with van der Waals surface area (Å²) in [6.07, 6.45) is 8.28. The van der Waals surface area contributed by atoms with Gasteiger partial charge in [0.2, 0.25) is 0 Å². The van der Waals surface area contributed by atoms with E-state index < -0.39 is 0 Å². The average molecular weight is 399 g/mol. The first-order valence-electron chi connectivity index (χ1n) is 10.8. The molecule has 0 aromatic carbocycles. The summed E-state index contributed by atoms with van der Waals surface area (Å²) in [5.74, 6) is -0.0388. The summed E-state index contributed by atoms with van der Waals surface area (Å²) in [6.45, 7) is 6.87. The van der Waals surface area contributed by atoms with E-state index in [1.165, 1.54) is 5.56 Å². The highest BCUT2D eigenvalue weighted by molar-refractivity contribution is 6.08. The van der Waals surface area contributed by atoms with Crippen LogP contribution >= 0.6 is 0 Å². The molecular formula is C22H34N6O. The predicted molar refractivity (Wildman–Crippen MR) is 117 cm³/mol. The Morgan fingerprint density at radius 2 is 2.10 bits per heavy atom. The van der Waals surface area contributed by atoms with Gasteiger partial charge in [0, 0.05) is 62.4 Å². The van der Waals surface area contributed by atoms with Crippen molar-refractivity contribution in [2.75, 3.05) is 39.3 Å². The molecule has 2 heterocycles. The molecule has 29 heavy (non-hydrogen) atoms. The van der Waals surface area contributed by atoms with Gasteiger partial charge in [-0.15, -0.1) is 0 Å². The van der Waals surface area contributed by atoms with Gasteiger partial charge in [0.25, 0.3) is 5.91 Å². The highest BCUT2D eigenvalue weighted by Crippen LogP contribution is 2.24. The number of pyridine rings is 1. The van der Waals surface area contributed by atoms with Crippen LogP contribution in [0.25, 0.3) is 0 Å². The van der Waals surface area contributed by atoms with Gasteiger partial charge >= 0.3 is 0 Å². The summed E-state index contributed by atoms with van der Waals surface area (Å²) < 4.78 is 0. The number of rotatable bonds is 7. The number of amides is 1. The van der Waals surface area contributed by atoms with Crippen molar-refractivity contribution in [3.63, 3.8) is 0 Å². The van der Waals surface area contributed by atoms with Crippen LogP contribution in [0.2, 0.25) is 0 Å². The first-order chi connectivity index (χ1) is 14.2. The number of carbonyl (C=O) groups is 1. The van der Waals surface area contributed by atoms with Crippen molar-refractivity contribution in [3.05, 3.63) is 41.4 Å². The molecule has 0 radical (unpaired) electrons. The van der Waals surface area contributed by atoms with Crippen LogP contribution in [0, 0.1) is 0 Å². The molecule has 4 N–H and O–H groups in total. The largest absolute Gasteiger partial charge is 0.394 e. The van der Waals surface area contributed by atoms with Crippen molar-refractivity contribution < 1.29 is 4.79 Å². The third-order valence-electron chi connectivity index (χ3n) is 5.61. The van der Waals surface area contributed by atoms with Crippen molar-refractivity contribution in [2.24, 2.45) is 10.7 Å². The molecule has 1 aromatic heterocycles. The van der Waals surface area contributed by atoms with Gasteiger partial charge < -0.3 is 21.3 Å². The van der Waals surface area contributed by atoms with E-state index in [2.05, 4.69) is 22.5 Å². The van der Waals surface area contributed by atoms with Crippen LogP contribution < -0.4 is 16.4 Å². The second-order valence-electron chi connectivity index (χ2n) is 7.76. The quantitative estimate of drug-likeness (QED) is 0.601. The molecule has 1 aliphatic carbocycles. The summed E-state index contributed by atoms with van der Waals surface area (Å²) >= 11 is 0. The summed E-state index contributed by atoms with van der Waals surface area (Å²) in [5.41, 5.74) is 10.1. The van der Waals surface area contributed by atoms with Gasteiger partial charge in [0.05, 0.1) is 0 Å². The Morgan fingerprint density at radius 3 is 2.83 bits per heavy atom. The lowest BCUT2D eigenvalue weighted by molar-refractivity contribution is -0.127. The van der Waals surface area contributed by atoms with Gasteiger partial charge in [-0.2, -0.15) is 0 Å². The molecule has 1 saturated heterocycles. The molecule has 1 saturated carbocycles. The fourth-order valence-corrected chi connectivity index (χ4v) is 3.93. The fourth-order valence-electron chi connectivity index (χ4n) is 3.93. The zero-order valence-corrected chi connectivity index (χ0v) is 17.5. The SMILES string of the molecule is CCCN=C1CCC(NCCc2ccncc2)C/C1=C(/N)C(=O)N1CCNCC1. The van der Waals surface area contributed by atoms with Crippen molar-refractivity contribution in [1.82, 2.24) is 20.5 Å². The Bertz CT molecular complexity index is 724. The number of hydrogen-bond acceptors (Lipinski definition) is 6. The topological polar surface area (TPSA) is 95.6 Å². The number of nitrogens with one attached hydrogen (secondary N) is 2. The van der Waals surface area contributed by atoms with E-state index in [9.17, 15) is 4.79 Å². The standard InChI is InChI=1S/C22H34N6O/c1-2-8-27-20-4-3-18(26-11-7-17-5-9-24-10-6-17)16-19(20)21(23)22(29)28-14-12-25-13-15-28/h5-6,9-10,18,25-26H,2-4,7-8,11-16,23H2,1H3/b21-19-,27-20?. The molecule has 3 rings (SSSR count). The second kappa shape index (κ2) is 11.1. The Kier molecular flexibility index (Phi) is 8.19. The summed E-state index contributed by atoms with van der Waals surface area (Å²) in [5, 5.41) is 6.93. The maximum absolute atomic E-state index is 13.0. The monoisotopic (exact) mass is 398 g/mol. The van der Waals surface area contributed by atoms with E-state index >= 15 is 0 Å². The minimum atomic E-state index is -0.0388. The van der Waals surface area contributed by atoms with E-state index in [1.807, 2.05) is 29.4 Å². The molecule has 0 spiro atoms. The molecule has 1 amide bonds. The highest BCUT2D eigenvalue weighted by atomic mass is 16.2. The normalized spacial score (nSPS) is 23.3. The van der Waals surface area contributed by atoms with E-state index in [4.69, 9.17) is 10.7 Å². The molecule has 1 unspecified atom stereocenters. The van der Waals surface area contributed by atoms with Crippen LogP contribution in [-0.2, 0) is 11.2 Å². The molecule has 158 valence electrons. The predicted octanol–water partition coefficient (Wildman–Crippen LogP) is 1.26. The molecule has 1 atom stereocenters. The van der Waals surface area contributed by atoms with Crippen molar-refractivity contribution in [1.29, 1.82) is 0 Å². The van der Waals surface area contributed by atoms with E-state index in [0.717, 1.165) is 69.6 Å².